The second-order valence-corrected chi connectivity index (χ2v) is 5.79. The summed E-state index contributed by atoms with van der Waals surface area (Å²) in [6.07, 6.45) is -0.289. The van der Waals surface area contributed by atoms with Gasteiger partial charge in [0.05, 0.1) is 0 Å². The van der Waals surface area contributed by atoms with Gasteiger partial charge in [-0.15, -0.1) is 0 Å². The lowest BCUT2D eigenvalue weighted by atomic mass is 10.1. The van der Waals surface area contributed by atoms with Crippen LogP contribution in [0.4, 0.5) is 17.6 Å². The topological polar surface area (TPSA) is 37.4 Å². The van der Waals surface area contributed by atoms with Gasteiger partial charge in [-0.1, -0.05) is 6.92 Å². The van der Waals surface area contributed by atoms with E-state index in [9.17, 15) is 26.0 Å². The average Bonchev–Trinajstić information content (AvgIpc) is 2.30. The standard InChI is InChI=1S/C10H11F4NO2S/c1-4-5-6(11)7(12)8(13)9(14)10(5)18(16,17)15(2)3/h4H2,1-3H3. The third kappa shape index (κ3) is 2.10. The van der Waals surface area contributed by atoms with E-state index in [-0.39, 0.29) is 6.42 Å². The predicted octanol–water partition coefficient (Wildman–Crippen LogP) is 2.06. The Labute approximate surface area is 102 Å². The lowest BCUT2D eigenvalue weighted by molar-refractivity contribution is 0.387. The van der Waals surface area contributed by atoms with Crippen molar-refractivity contribution < 1.29 is 26.0 Å². The third-order valence-electron chi connectivity index (χ3n) is 2.41. The lowest BCUT2D eigenvalue weighted by Gasteiger charge is -2.16. The highest BCUT2D eigenvalue weighted by Crippen LogP contribution is 2.29. The molecule has 0 unspecified atom stereocenters. The van der Waals surface area contributed by atoms with Gasteiger partial charge in [0.1, 0.15) is 4.90 Å². The van der Waals surface area contributed by atoms with Gasteiger partial charge in [0, 0.05) is 19.7 Å². The molecule has 0 aliphatic rings. The fraction of sp³-hybridized carbons (Fsp3) is 0.400. The SMILES string of the molecule is CCc1c(F)c(F)c(F)c(F)c1S(=O)(=O)N(C)C. The van der Waals surface area contributed by atoms with E-state index < -0.39 is 43.8 Å². The van der Waals surface area contributed by atoms with Crippen molar-refractivity contribution in [2.75, 3.05) is 14.1 Å². The molecule has 0 saturated carbocycles. The molecule has 0 radical (unpaired) electrons. The molecule has 0 bridgehead atoms. The minimum atomic E-state index is -4.40. The lowest BCUT2D eigenvalue weighted by Crippen LogP contribution is -2.26. The highest BCUT2D eigenvalue weighted by Gasteiger charge is 2.33. The molecule has 3 nitrogen and oxygen atoms in total. The van der Waals surface area contributed by atoms with Gasteiger partial charge in [0.15, 0.2) is 23.3 Å². The average molecular weight is 285 g/mol. The van der Waals surface area contributed by atoms with Crippen LogP contribution in [0.5, 0.6) is 0 Å². The molecule has 8 heteroatoms. The van der Waals surface area contributed by atoms with Crippen LogP contribution in [0.25, 0.3) is 0 Å². The number of sulfonamides is 1. The first-order valence-electron chi connectivity index (χ1n) is 4.93. The number of rotatable bonds is 3. The molecule has 0 aromatic heterocycles. The predicted molar refractivity (Wildman–Crippen MR) is 56.5 cm³/mol. The van der Waals surface area contributed by atoms with Gasteiger partial charge in [0.2, 0.25) is 10.0 Å². The summed E-state index contributed by atoms with van der Waals surface area (Å²) >= 11 is 0. The maximum Gasteiger partial charge on any atom is 0.245 e. The fourth-order valence-electron chi connectivity index (χ4n) is 1.42. The van der Waals surface area contributed by atoms with Crippen LogP contribution in [0.2, 0.25) is 0 Å². The Bertz CT molecular complexity index is 584. The minimum absolute atomic E-state index is 0.289. The largest absolute Gasteiger partial charge is 0.245 e. The first-order valence-corrected chi connectivity index (χ1v) is 6.37. The number of benzene rings is 1. The number of halogens is 4. The van der Waals surface area contributed by atoms with Crippen LogP contribution in [0.15, 0.2) is 4.90 Å². The van der Waals surface area contributed by atoms with Gasteiger partial charge < -0.3 is 0 Å². The zero-order valence-corrected chi connectivity index (χ0v) is 10.7. The van der Waals surface area contributed by atoms with Crippen molar-refractivity contribution in [1.82, 2.24) is 4.31 Å². The van der Waals surface area contributed by atoms with Crippen LogP contribution in [0.1, 0.15) is 12.5 Å². The van der Waals surface area contributed by atoms with E-state index in [1.165, 1.54) is 6.92 Å². The first kappa shape index (κ1) is 14.9. The Kier molecular flexibility index (Phi) is 4.02. The van der Waals surface area contributed by atoms with Gasteiger partial charge in [-0.25, -0.2) is 30.3 Å². The molecule has 0 saturated heterocycles. The summed E-state index contributed by atoms with van der Waals surface area (Å²) in [7, 11) is -2.25. The fourth-order valence-corrected chi connectivity index (χ4v) is 2.65. The Morgan fingerprint density at radius 1 is 0.944 bits per heavy atom. The maximum absolute atomic E-state index is 13.6. The van der Waals surface area contributed by atoms with Crippen LogP contribution in [-0.2, 0) is 16.4 Å². The van der Waals surface area contributed by atoms with Gasteiger partial charge in [-0.3, -0.25) is 0 Å². The number of hydrogen-bond acceptors (Lipinski definition) is 2. The van der Waals surface area contributed by atoms with E-state index in [2.05, 4.69) is 0 Å². The maximum atomic E-state index is 13.6. The van der Waals surface area contributed by atoms with Crippen molar-refractivity contribution in [2.24, 2.45) is 0 Å². The number of hydrogen-bond donors (Lipinski definition) is 0. The quantitative estimate of drug-likeness (QED) is 0.484. The molecule has 0 amide bonds. The molecular formula is C10H11F4NO2S. The molecule has 0 N–H and O–H groups in total. The summed E-state index contributed by atoms with van der Waals surface area (Å²) in [6.45, 7) is 1.31. The Morgan fingerprint density at radius 2 is 1.39 bits per heavy atom. The molecule has 0 aliphatic heterocycles. The molecule has 102 valence electrons. The van der Waals surface area contributed by atoms with Crippen LogP contribution in [0, 0.1) is 23.3 Å². The summed E-state index contributed by atoms with van der Waals surface area (Å²) in [5.41, 5.74) is -0.708. The molecule has 0 aliphatic carbocycles. The van der Waals surface area contributed by atoms with Crippen molar-refractivity contribution in [1.29, 1.82) is 0 Å². The van der Waals surface area contributed by atoms with E-state index >= 15 is 0 Å². The van der Waals surface area contributed by atoms with E-state index in [0.717, 1.165) is 14.1 Å². The van der Waals surface area contributed by atoms with Crippen molar-refractivity contribution in [3.63, 3.8) is 0 Å². The van der Waals surface area contributed by atoms with Gasteiger partial charge in [-0.05, 0) is 6.42 Å². The van der Waals surface area contributed by atoms with Crippen molar-refractivity contribution >= 4 is 10.0 Å². The summed E-state index contributed by atoms with van der Waals surface area (Å²) in [5.74, 6) is -7.73. The van der Waals surface area contributed by atoms with Crippen molar-refractivity contribution in [3.05, 3.63) is 28.8 Å². The van der Waals surface area contributed by atoms with E-state index in [0.29, 0.717) is 4.31 Å². The van der Waals surface area contributed by atoms with Gasteiger partial charge >= 0.3 is 0 Å². The second-order valence-electron chi connectivity index (χ2n) is 3.70. The summed E-state index contributed by atoms with van der Waals surface area (Å²) in [4.78, 5) is -1.16. The zero-order valence-electron chi connectivity index (χ0n) is 9.89. The van der Waals surface area contributed by atoms with E-state index in [1.807, 2.05) is 0 Å². The Balaban J connectivity index is 3.85. The smallest absolute Gasteiger partial charge is 0.207 e. The van der Waals surface area contributed by atoms with Crippen LogP contribution < -0.4 is 0 Å². The van der Waals surface area contributed by atoms with Gasteiger partial charge in [0.25, 0.3) is 0 Å². The molecule has 18 heavy (non-hydrogen) atoms. The molecule has 1 rings (SSSR count). The first-order chi connectivity index (χ1) is 8.16. The monoisotopic (exact) mass is 285 g/mol. The molecular weight excluding hydrogens is 274 g/mol. The normalized spacial score (nSPS) is 12.2. The highest BCUT2D eigenvalue weighted by molar-refractivity contribution is 7.89. The minimum Gasteiger partial charge on any atom is -0.207 e. The Hall–Kier alpha value is -1.15. The third-order valence-corrected chi connectivity index (χ3v) is 4.31. The van der Waals surface area contributed by atoms with Crippen LogP contribution in [0.3, 0.4) is 0 Å². The van der Waals surface area contributed by atoms with E-state index in [1.54, 1.807) is 0 Å². The van der Waals surface area contributed by atoms with Crippen molar-refractivity contribution in [3.8, 4) is 0 Å². The molecule has 0 spiro atoms. The second kappa shape index (κ2) is 4.85. The number of nitrogens with zero attached hydrogens (tertiary/aromatic N) is 1. The van der Waals surface area contributed by atoms with Gasteiger partial charge in [-0.2, -0.15) is 0 Å². The summed E-state index contributed by atoms with van der Waals surface area (Å²) < 4.78 is 77.2. The van der Waals surface area contributed by atoms with Crippen LogP contribution >= 0.6 is 0 Å². The highest BCUT2D eigenvalue weighted by atomic mass is 32.2. The molecule has 1 aromatic rings. The summed E-state index contributed by atoms with van der Waals surface area (Å²) in [6, 6.07) is 0. The van der Waals surface area contributed by atoms with Crippen molar-refractivity contribution in [2.45, 2.75) is 18.2 Å². The molecule has 0 fully saturated rings. The molecule has 0 heterocycles. The van der Waals surface area contributed by atoms with E-state index in [4.69, 9.17) is 0 Å². The Morgan fingerprint density at radius 3 is 1.78 bits per heavy atom. The summed E-state index contributed by atoms with van der Waals surface area (Å²) in [5, 5.41) is 0. The zero-order chi connectivity index (χ0) is 14.2. The van der Waals surface area contributed by atoms with Crippen LogP contribution in [-0.4, -0.2) is 26.8 Å². The molecule has 1 aromatic carbocycles. The molecule has 0 atom stereocenters.